The van der Waals surface area contributed by atoms with Crippen molar-refractivity contribution in [1.82, 2.24) is 0 Å². The molecule has 0 bridgehead atoms. The molecule has 0 spiro atoms. The summed E-state index contributed by atoms with van der Waals surface area (Å²) >= 11 is 0. The zero-order valence-corrected chi connectivity index (χ0v) is 20.3. The van der Waals surface area contributed by atoms with Gasteiger partial charge in [-0.05, 0) is 79.9 Å². The molecular formula is C30H47N. The molecule has 0 aromatic heterocycles. The largest absolute Gasteiger partial charge is 0.192 e. The van der Waals surface area contributed by atoms with Crippen LogP contribution in [-0.2, 0) is 6.42 Å². The second-order valence-electron chi connectivity index (χ2n) is 10.8. The van der Waals surface area contributed by atoms with Crippen LogP contribution in [0.25, 0.3) is 0 Å². The lowest BCUT2D eigenvalue weighted by molar-refractivity contribution is 0.140. The smallest absolute Gasteiger partial charge is 0.0991 e. The van der Waals surface area contributed by atoms with Crippen LogP contribution in [0.5, 0.6) is 0 Å². The third kappa shape index (κ3) is 8.63. The SMILES string of the molecule is CCCCCCCCC[C@H]1CC[C@H]([C@H]2CC[C@H](CCc3ccc(C#N)cc3)CC2)CC1. The number of rotatable bonds is 12. The van der Waals surface area contributed by atoms with Gasteiger partial charge in [-0.15, -0.1) is 0 Å². The number of nitriles is 1. The Bertz CT molecular complexity index is 623. The van der Waals surface area contributed by atoms with Crippen LogP contribution in [0.3, 0.4) is 0 Å². The summed E-state index contributed by atoms with van der Waals surface area (Å²) in [7, 11) is 0. The van der Waals surface area contributed by atoms with E-state index in [1.807, 2.05) is 12.1 Å². The van der Waals surface area contributed by atoms with Crippen LogP contribution in [0.4, 0.5) is 0 Å². The molecule has 1 aromatic rings. The third-order valence-electron chi connectivity index (χ3n) is 8.59. The van der Waals surface area contributed by atoms with E-state index in [4.69, 9.17) is 5.26 Å². The summed E-state index contributed by atoms with van der Waals surface area (Å²) in [6, 6.07) is 10.5. The molecule has 31 heavy (non-hydrogen) atoms. The lowest BCUT2D eigenvalue weighted by atomic mass is 9.68. The average Bonchev–Trinajstić information content (AvgIpc) is 2.83. The Hall–Kier alpha value is -1.29. The highest BCUT2D eigenvalue weighted by atomic mass is 14.4. The van der Waals surface area contributed by atoms with E-state index >= 15 is 0 Å². The fraction of sp³-hybridized carbons (Fsp3) is 0.767. The van der Waals surface area contributed by atoms with Gasteiger partial charge < -0.3 is 0 Å². The van der Waals surface area contributed by atoms with E-state index in [1.165, 1.54) is 121 Å². The van der Waals surface area contributed by atoms with Gasteiger partial charge in [0.2, 0.25) is 0 Å². The molecule has 0 atom stereocenters. The summed E-state index contributed by atoms with van der Waals surface area (Å²) in [6.45, 7) is 2.31. The van der Waals surface area contributed by atoms with Crippen molar-refractivity contribution in [3.05, 3.63) is 35.4 Å². The summed E-state index contributed by atoms with van der Waals surface area (Å²) < 4.78 is 0. The number of hydrogen-bond donors (Lipinski definition) is 0. The summed E-state index contributed by atoms with van der Waals surface area (Å²) in [5.41, 5.74) is 2.18. The van der Waals surface area contributed by atoms with Gasteiger partial charge >= 0.3 is 0 Å². The molecule has 0 heterocycles. The lowest BCUT2D eigenvalue weighted by Crippen LogP contribution is -2.26. The van der Waals surface area contributed by atoms with Crippen molar-refractivity contribution in [2.24, 2.45) is 23.7 Å². The van der Waals surface area contributed by atoms with Gasteiger partial charge in [0, 0.05) is 0 Å². The summed E-state index contributed by atoms with van der Waals surface area (Å²) in [4.78, 5) is 0. The first-order valence-electron chi connectivity index (χ1n) is 13.8. The molecule has 0 saturated heterocycles. The molecule has 172 valence electrons. The van der Waals surface area contributed by atoms with Crippen LogP contribution in [-0.4, -0.2) is 0 Å². The van der Waals surface area contributed by atoms with Gasteiger partial charge in [0.05, 0.1) is 11.6 Å². The van der Waals surface area contributed by atoms with E-state index in [2.05, 4.69) is 25.1 Å². The molecule has 0 unspecified atom stereocenters. The lowest BCUT2D eigenvalue weighted by Gasteiger charge is -2.38. The van der Waals surface area contributed by atoms with Crippen molar-refractivity contribution < 1.29 is 0 Å². The molecule has 0 amide bonds. The highest BCUT2D eigenvalue weighted by Gasteiger charge is 2.30. The van der Waals surface area contributed by atoms with E-state index < -0.39 is 0 Å². The molecule has 2 aliphatic carbocycles. The monoisotopic (exact) mass is 421 g/mol. The third-order valence-corrected chi connectivity index (χ3v) is 8.59. The van der Waals surface area contributed by atoms with Crippen molar-refractivity contribution in [1.29, 1.82) is 5.26 Å². The summed E-state index contributed by atoms with van der Waals surface area (Å²) in [5, 5.41) is 8.94. The highest BCUT2D eigenvalue weighted by molar-refractivity contribution is 5.31. The van der Waals surface area contributed by atoms with Crippen LogP contribution in [0.1, 0.15) is 127 Å². The van der Waals surface area contributed by atoms with Gasteiger partial charge in [-0.1, -0.05) is 96.1 Å². The van der Waals surface area contributed by atoms with Gasteiger partial charge in [-0.3, -0.25) is 0 Å². The first-order chi connectivity index (χ1) is 15.3. The Morgan fingerprint density at radius 1 is 0.677 bits per heavy atom. The topological polar surface area (TPSA) is 23.8 Å². The molecule has 2 saturated carbocycles. The quantitative estimate of drug-likeness (QED) is 0.308. The number of nitrogens with zero attached hydrogens (tertiary/aromatic N) is 1. The predicted molar refractivity (Wildman–Crippen MR) is 133 cm³/mol. The van der Waals surface area contributed by atoms with Crippen molar-refractivity contribution >= 4 is 0 Å². The first kappa shape index (κ1) is 24.4. The molecule has 0 radical (unpaired) electrons. The van der Waals surface area contributed by atoms with Crippen LogP contribution >= 0.6 is 0 Å². The Balaban J connectivity index is 1.24. The van der Waals surface area contributed by atoms with Crippen molar-refractivity contribution in [3.8, 4) is 6.07 Å². The van der Waals surface area contributed by atoms with Gasteiger partial charge in [-0.2, -0.15) is 5.26 Å². The number of hydrogen-bond acceptors (Lipinski definition) is 1. The second kappa shape index (κ2) is 14.0. The fourth-order valence-corrected chi connectivity index (χ4v) is 6.40. The fourth-order valence-electron chi connectivity index (χ4n) is 6.40. The number of benzene rings is 1. The Kier molecular flexibility index (Phi) is 11.0. The molecule has 1 aromatic carbocycles. The van der Waals surface area contributed by atoms with E-state index in [0.717, 1.165) is 29.2 Å². The maximum atomic E-state index is 8.94. The molecule has 3 rings (SSSR count). The van der Waals surface area contributed by atoms with Crippen LogP contribution in [0.15, 0.2) is 24.3 Å². The van der Waals surface area contributed by atoms with Gasteiger partial charge in [-0.25, -0.2) is 0 Å². The standard InChI is InChI=1S/C30H47N/c1-2-3-4-5-6-7-8-9-25-16-20-29(21-17-25)30-22-18-27(19-23-30)11-10-26-12-14-28(24-31)15-13-26/h12-15,25,27,29-30H,2-11,16-23H2,1H3/t25-,27-,29-,30-. The van der Waals surface area contributed by atoms with Gasteiger partial charge in [0.25, 0.3) is 0 Å². The Labute approximate surface area is 193 Å². The van der Waals surface area contributed by atoms with E-state index in [1.54, 1.807) is 0 Å². The second-order valence-corrected chi connectivity index (χ2v) is 10.8. The molecule has 2 fully saturated rings. The Morgan fingerprint density at radius 2 is 1.19 bits per heavy atom. The molecule has 0 aliphatic heterocycles. The maximum Gasteiger partial charge on any atom is 0.0991 e. The average molecular weight is 422 g/mol. The normalized spacial score (nSPS) is 26.5. The number of aryl methyl sites for hydroxylation is 1. The molecular weight excluding hydrogens is 374 g/mol. The van der Waals surface area contributed by atoms with Gasteiger partial charge in [0.1, 0.15) is 0 Å². The van der Waals surface area contributed by atoms with Gasteiger partial charge in [0.15, 0.2) is 0 Å². The summed E-state index contributed by atoms with van der Waals surface area (Å²) in [6.07, 6.45) is 26.2. The van der Waals surface area contributed by atoms with Crippen LogP contribution in [0.2, 0.25) is 0 Å². The molecule has 2 aliphatic rings. The minimum atomic E-state index is 0.779. The van der Waals surface area contributed by atoms with Crippen molar-refractivity contribution in [2.45, 2.75) is 122 Å². The first-order valence-corrected chi connectivity index (χ1v) is 13.8. The zero-order chi connectivity index (χ0) is 21.7. The predicted octanol–water partition coefficient (Wildman–Crippen LogP) is 9.24. The van der Waals surface area contributed by atoms with Crippen LogP contribution in [0, 0.1) is 35.0 Å². The minimum absolute atomic E-state index is 0.779. The minimum Gasteiger partial charge on any atom is -0.192 e. The summed E-state index contributed by atoms with van der Waals surface area (Å²) in [5.74, 6) is 4.06. The number of unbranched alkanes of at least 4 members (excludes halogenated alkanes) is 6. The maximum absolute atomic E-state index is 8.94. The molecule has 0 N–H and O–H groups in total. The van der Waals surface area contributed by atoms with E-state index in [-0.39, 0.29) is 0 Å². The Morgan fingerprint density at radius 3 is 1.74 bits per heavy atom. The zero-order valence-electron chi connectivity index (χ0n) is 20.3. The van der Waals surface area contributed by atoms with E-state index in [0.29, 0.717) is 0 Å². The molecule has 1 nitrogen and oxygen atoms in total. The van der Waals surface area contributed by atoms with Crippen LogP contribution < -0.4 is 0 Å². The highest BCUT2D eigenvalue weighted by Crippen LogP contribution is 2.43. The molecule has 1 heteroatoms. The van der Waals surface area contributed by atoms with Crippen molar-refractivity contribution in [3.63, 3.8) is 0 Å². The van der Waals surface area contributed by atoms with Crippen molar-refractivity contribution in [2.75, 3.05) is 0 Å². The van der Waals surface area contributed by atoms with E-state index in [9.17, 15) is 0 Å².